The maximum atomic E-state index is 14.2. The molecule has 2 aromatic carbocycles. The molecule has 208 valence electrons. The van der Waals surface area contributed by atoms with Crippen LogP contribution in [0.3, 0.4) is 0 Å². The van der Waals surface area contributed by atoms with Crippen LogP contribution in [-0.2, 0) is 21.4 Å². The third-order valence-corrected chi connectivity index (χ3v) is 7.32. The van der Waals surface area contributed by atoms with Crippen LogP contribution in [0.5, 0.6) is 5.75 Å². The van der Waals surface area contributed by atoms with E-state index in [1.807, 2.05) is 0 Å². The molecule has 2 aromatic rings. The van der Waals surface area contributed by atoms with Crippen molar-refractivity contribution in [2.24, 2.45) is 0 Å². The molecule has 1 fully saturated rings. The van der Waals surface area contributed by atoms with Crippen LogP contribution in [0.1, 0.15) is 18.4 Å². The van der Waals surface area contributed by atoms with Gasteiger partial charge in [-0.05, 0) is 29.8 Å². The Hall–Kier alpha value is -3.46. The second kappa shape index (κ2) is 11.5. The zero-order valence-corrected chi connectivity index (χ0v) is 21.1. The van der Waals surface area contributed by atoms with Crippen molar-refractivity contribution in [1.29, 1.82) is 0 Å². The minimum absolute atomic E-state index is 0.0350. The maximum absolute atomic E-state index is 14.2. The smallest absolute Gasteiger partial charge is 0.330 e. The summed E-state index contributed by atoms with van der Waals surface area (Å²) in [4.78, 5) is 26.8. The lowest BCUT2D eigenvalue weighted by Crippen LogP contribution is -2.55. The van der Waals surface area contributed by atoms with Crippen LogP contribution in [0.4, 0.5) is 32.4 Å². The molecule has 0 spiro atoms. The number of carbonyl (C=O) groups is 2. The van der Waals surface area contributed by atoms with E-state index >= 15 is 0 Å². The van der Waals surface area contributed by atoms with Crippen molar-refractivity contribution < 1.29 is 44.7 Å². The molecule has 2 N–H and O–H groups in total. The van der Waals surface area contributed by atoms with Gasteiger partial charge in [0.1, 0.15) is 17.7 Å². The standard InChI is InChI=1S/C23H25F5N4O5S/c1-31(17-3-4-20(37-2)18(26)13-17)21(33)19(11-14-9-15(24)12-16(25)10-14)29-22(34)30-38(35,36)32-7-5-23(27,28)6-8-32/h3-4,9-10,12-13,19H,5-8,11H2,1-2H3,(H2,29,30,34)/t19-/m0/s1. The molecule has 3 amide bonds. The van der Waals surface area contributed by atoms with Crippen LogP contribution < -0.4 is 19.7 Å². The van der Waals surface area contributed by atoms with Gasteiger partial charge in [-0.15, -0.1) is 0 Å². The lowest BCUT2D eigenvalue weighted by molar-refractivity contribution is -0.120. The van der Waals surface area contributed by atoms with Gasteiger partial charge in [0.15, 0.2) is 11.6 Å². The number of nitrogens with one attached hydrogen (secondary N) is 2. The van der Waals surface area contributed by atoms with Gasteiger partial charge in [0.25, 0.3) is 5.92 Å². The number of methoxy groups -OCH3 is 1. The van der Waals surface area contributed by atoms with E-state index in [0.29, 0.717) is 10.4 Å². The number of likely N-dealkylation sites (N-methyl/N-ethyl adjacent to an activating group) is 1. The average Bonchev–Trinajstić information content (AvgIpc) is 2.81. The molecule has 0 radical (unpaired) electrons. The van der Waals surface area contributed by atoms with Crippen LogP contribution >= 0.6 is 0 Å². The van der Waals surface area contributed by atoms with Crippen molar-refractivity contribution in [1.82, 2.24) is 14.3 Å². The highest BCUT2D eigenvalue weighted by atomic mass is 32.2. The number of anilines is 1. The van der Waals surface area contributed by atoms with Crippen LogP contribution in [0.2, 0.25) is 0 Å². The Morgan fingerprint density at radius 1 is 1.08 bits per heavy atom. The quantitative estimate of drug-likeness (QED) is 0.480. The Morgan fingerprint density at radius 3 is 2.24 bits per heavy atom. The molecule has 1 saturated heterocycles. The van der Waals surface area contributed by atoms with Crippen molar-refractivity contribution in [3.05, 3.63) is 59.4 Å². The third kappa shape index (κ3) is 7.31. The van der Waals surface area contributed by atoms with Gasteiger partial charge in [0, 0.05) is 57.2 Å². The number of benzene rings is 2. The summed E-state index contributed by atoms with van der Waals surface area (Å²) in [6.07, 6.45) is -1.93. The van der Waals surface area contributed by atoms with Crippen molar-refractivity contribution in [3.8, 4) is 5.75 Å². The summed E-state index contributed by atoms with van der Waals surface area (Å²) in [5.41, 5.74) is -0.00984. The Morgan fingerprint density at radius 2 is 1.68 bits per heavy atom. The van der Waals surface area contributed by atoms with Gasteiger partial charge in [-0.2, -0.15) is 12.7 Å². The van der Waals surface area contributed by atoms with E-state index in [1.165, 1.54) is 26.3 Å². The second-order valence-electron chi connectivity index (χ2n) is 8.59. The molecule has 1 heterocycles. The molecule has 1 aliphatic rings. The Kier molecular flexibility index (Phi) is 8.82. The number of alkyl halides is 2. The number of urea groups is 1. The van der Waals surface area contributed by atoms with E-state index in [9.17, 15) is 40.0 Å². The van der Waals surface area contributed by atoms with Crippen LogP contribution in [0.25, 0.3) is 0 Å². The first-order valence-corrected chi connectivity index (χ1v) is 12.7. The van der Waals surface area contributed by atoms with Crippen LogP contribution in [-0.4, -0.2) is 63.9 Å². The molecule has 0 aromatic heterocycles. The summed E-state index contributed by atoms with van der Waals surface area (Å²) in [6, 6.07) is 3.05. The average molecular weight is 565 g/mol. The van der Waals surface area contributed by atoms with E-state index in [1.54, 1.807) is 4.72 Å². The van der Waals surface area contributed by atoms with E-state index in [0.717, 1.165) is 23.1 Å². The number of hydrogen-bond donors (Lipinski definition) is 2. The minimum atomic E-state index is -4.55. The minimum Gasteiger partial charge on any atom is -0.494 e. The summed E-state index contributed by atoms with van der Waals surface area (Å²) < 4.78 is 101. The number of halogens is 5. The van der Waals surface area contributed by atoms with E-state index in [4.69, 9.17) is 4.74 Å². The first-order valence-electron chi connectivity index (χ1n) is 11.2. The number of rotatable bonds is 8. The topological polar surface area (TPSA) is 108 Å². The van der Waals surface area contributed by atoms with Gasteiger partial charge >= 0.3 is 16.2 Å². The molecular weight excluding hydrogens is 539 g/mol. The molecule has 3 rings (SSSR count). The first-order chi connectivity index (χ1) is 17.7. The Labute approximate surface area is 215 Å². The number of nitrogens with zero attached hydrogens (tertiary/aromatic N) is 2. The zero-order valence-electron chi connectivity index (χ0n) is 20.3. The molecule has 38 heavy (non-hydrogen) atoms. The first kappa shape index (κ1) is 29.1. The Balaban J connectivity index is 1.81. The second-order valence-corrected chi connectivity index (χ2v) is 10.3. The monoisotopic (exact) mass is 564 g/mol. The number of amides is 3. The summed E-state index contributed by atoms with van der Waals surface area (Å²) in [5, 5.41) is 2.14. The molecular formula is C23H25F5N4O5S. The predicted molar refractivity (Wildman–Crippen MR) is 127 cm³/mol. The van der Waals surface area contributed by atoms with Crippen molar-refractivity contribution in [3.63, 3.8) is 0 Å². The van der Waals surface area contributed by atoms with E-state index < -0.39 is 83.9 Å². The maximum Gasteiger partial charge on any atom is 0.330 e. The van der Waals surface area contributed by atoms with Gasteiger partial charge in [0.05, 0.1) is 7.11 Å². The number of hydrogen-bond acceptors (Lipinski definition) is 5. The summed E-state index contributed by atoms with van der Waals surface area (Å²) in [7, 11) is -2.06. The molecule has 1 atom stereocenters. The lowest BCUT2D eigenvalue weighted by atomic mass is 10.0. The molecule has 15 heteroatoms. The summed E-state index contributed by atoms with van der Waals surface area (Å²) >= 11 is 0. The summed E-state index contributed by atoms with van der Waals surface area (Å²) in [5.74, 6) is -6.71. The molecule has 0 saturated carbocycles. The number of piperidine rings is 1. The van der Waals surface area contributed by atoms with E-state index in [2.05, 4.69) is 5.32 Å². The molecule has 1 aliphatic heterocycles. The SMILES string of the molecule is COc1ccc(N(C)C(=O)[C@H](Cc2cc(F)cc(F)c2)NC(=O)NS(=O)(=O)N2CCC(F)(F)CC2)cc1F. The van der Waals surface area contributed by atoms with Gasteiger partial charge in [0.2, 0.25) is 5.91 Å². The van der Waals surface area contributed by atoms with Gasteiger partial charge in [-0.1, -0.05) is 0 Å². The summed E-state index contributed by atoms with van der Waals surface area (Å²) in [6.45, 7) is -1.07. The highest BCUT2D eigenvalue weighted by Crippen LogP contribution is 2.28. The normalized spacial score (nSPS) is 16.4. The van der Waals surface area contributed by atoms with E-state index in [-0.39, 0.29) is 17.0 Å². The molecule has 9 nitrogen and oxygen atoms in total. The fraction of sp³-hybridized carbons (Fsp3) is 0.391. The predicted octanol–water partition coefficient (Wildman–Crippen LogP) is 2.96. The van der Waals surface area contributed by atoms with Gasteiger partial charge in [-0.25, -0.2) is 31.5 Å². The fourth-order valence-corrected chi connectivity index (χ4v) is 4.90. The fourth-order valence-electron chi connectivity index (χ4n) is 3.81. The van der Waals surface area contributed by atoms with Crippen LogP contribution in [0, 0.1) is 17.5 Å². The lowest BCUT2D eigenvalue weighted by Gasteiger charge is -2.31. The number of carbonyl (C=O) groups excluding carboxylic acids is 2. The number of ether oxygens (including phenoxy) is 1. The van der Waals surface area contributed by atoms with Crippen LogP contribution in [0.15, 0.2) is 36.4 Å². The van der Waals surface area contributed by atoms with Crippen molar-refractivity contribution >= 4 is 27.8 Å². The van der Waals surface area contributed by atoms with Gasteiger partial charge in [-0.3, -0.25) is 4.79 Å². The molecule has 0 bridgehead atoms. The van der Waals surface area contributed by atoms with Crippen molar-refractivity contribution in [2.75, 3.05) is 32.1 Å². The zero-order chi connectivity index (χ0) is 28.3. The third-order valence-electron chi connectivity index (χ3n) is 5.83. The largest absolute Gasteiger partial charge is 0.494 e. The molecule has 0 unspecified atom stereocenters. The van der Waals surface area contributed by atoms with Gasteiger partial charge < -0.3 is 15.0 Å². The highest BCUT2D eigenvalue weighted by molar-refractivity contribution is 7.87. The highest BCUT2D eigenvalue weighted by Gasteiger charge is 2.39. The molecule has 0 aliphatic carbocycles. The Bertz CT molecular complexity index is 1280. The van der Waals surface area contributed by atoms with Crippen molar-refractivity contribution in [2.45, 2.75) is 31.2 Å².